The normalized spacial score (nSPS) is 10.9. The third kappa shape index (κ3) is 1.93. The van der Waals surface area contributed by atoms with Crippen molar-refractivity contribution in [1.82, 2.24) is 14.1 Å². The highest BCUT2D eigenvalue weighted by molar-refractivity contribution is 5.82. The van der Waals surface area contributed by atoms with Gasteiger partial charge in [-0.25, -0.2) is 9.78 Å². The molecule has 0 unspecified atom stereocenters. The fourth-order valence-electron chi connectivity index (χ4n) is 2.10. The lowest BCUT2D eigenvalue weighted by Gasteiger charge is -2.13. The maximum absolute atomic E-state index is 12.3. The number of aryl methyl sites for hydroxylation is 2. The maximum Gasteiger partial charge on any atom is 0.332 e. The molecule has 0 amide bonds. The van der Waals surface area contributed by atoms with Crippen LogP contribution in [0.2, 0.25) is 0 Å². The Morgan fingerprint density at radius 1 is 1.21 bits per heavy atom. The van der Waals surface area contributed by atoms with Gasteiger partial charge in [-0.3, -0.25) is 13.9 Å². The molecule has 0 aromatic carbocycles. The first-order chi connectivity index (χ1) is 9.02. The van der Waals surface area contributed by atoms with Crippen molar-refractivity contribution in [3.05, 3.63) is 32.6 Å². The highest BCUT2D eigenvalue weighted by Crippen LogP contribution is 2.25. The molecule has 0 N–H and O–H groups in total. The lowest BCUT2D eigenvalue weighted by atomic mass is 10.1. The van der Waals surface area contributed by atoms with Crippen LogP contribution in [0.25, 0.3) is 11.0 Å². The quantitative estimate of drug-likeness (QED) is 0.813. The van der Waals surface area contributed by atoms with Gasteiger partial charge < -0.3 is 4.74 Å². The van der Waals surface area contributed by atoms with E-state index in [2.05, 4.69) is 4.98 Å². The minimum absolute atomic E-state index is 0.355. The van der Waals surface area contributed by atoms with Crippen molar-refractivity contribution in [1.29, 1.82) is 0 Å². The molecule has 0 atom stereocenters. The fourth-order valence-corrected chi connectivity index (χ4v) is 2.10. The number of hydrogen-bond donors (Lipinski definition) is 0. The van der Waals surface area contributed by atoms with Crippen LogP contribution in [0.5, 0.6) is 5.75 Å². The summed E-state index contributed by atoms with van der Waals surface area (Å²) in [5, 5.41) is 0.366. The predicted molar refractivity (Wildman–Crippen MR) is 72.8 cm³/mol. The molecule has 102 valence electrons. The second kappa shape index (κ2) is 4.87. The van der Waals surface area contributed by atoms with E-state index < -0.39 is 5.69 Å². The molecule has 2 aromatic rings. The third-order valence-electron chi connectivity index (χ3n) is 3.16. The van der Waals surface area contributed by atoms with Crippen LogP contribution in [0.3, 0.4) is 0 Å². The number of nitrogens with zero attached hydrogens (tertiary/aromatic N) is 3. The zero-order valence-electron chi connectivity index (χ0n) is 11.6. The van der Waals surface area contributed by atoms with E-state index >= 15 is 0 Å². The average Bonchev–Trinajstić information content (AvgIpc) is 2.42. The van der Waals surface area contributed by atoms with Gasteiger partial charge in [0, 0.05) is 25.9 Å². The lowest BCUT2D eigenvalue weighted by Crippen LogP contribution is -2.37. The first-order valence-corrected chi connectivity index (χ1v) is 6.23. The molecular weight excluding hydrogens is 246 g/mol. The van der Waals surface area contributed by atoms with Gasteiger partial charge in [0.2, 0.25) is 0 Å². The molecular formula is C13H17N3O3. The minimum atomic E-state index is -0.392. The van der Waals surface area contributed by atoms with E-state index in [9.17, 15) is 9.59 Å². The molecule has 0 saturated heterocycles. The van der Waals surface area contributed by atoms with Crippen molar-refractivity contribution < 1.29 is 4.74 Å². The van der Waals surface area contributed by atoms with Gasteiger partial charge in [-0.2, -0.15) is 0 Å². The van der Waals surface area contributed by atoms with E-state index in [0.29, 0.717) is 29.8 Å². The maximum atomic E-state index is 12.3. The molecule has 2 rings (SSSR count). The van der Waals surface area contributed by atoms with Gasteiger partial charge in [0.25, 0.3) is 5.56 Å². The van der Waals surface area contributed by atoms with Crippen LogP contribution in [-0.4, -0.2) is 20.7 Å². The molecule has 19 heavy (non-hydrogen) atoms. The SMILES string of the molecule is CCOc1c(CC)cnc2c1c(=O)n(C)c(=O)n2C. The Morgan fingerprint density at radius 3 is 2.47 bits per heavy atom. The van der Waals surface area contributed by atoms with Crippen LogP contribution in [0.15, 0.2) is 15.8 Å². The number of ether oxygens (including phenoxy) is 1. The van der Waals surface area contributed by atoms with E-state index in [1.165, 1.54) is 11.6 Å². The van der Waals surface area contributed by atoms with Crippen LogP contribution in [0.1, 0.15) is 19.4 Å². The highest BCUT2D eigenvalue weighted by atomic mass is 16.5. The zero-order valence-corrected chi connectivity index (χ0v) is 11.6. The summed E-state index contributed by atoms with van der Waals surface area (Å²) in [6.07, 6.45) is 2.37. The lowest BCUT2D eigenvalue weighted by molar-refractivity contribution is 0.340. The summed E-state index contributed by atoms with van der Waals surface area (Å²) in [5.41, 5.74) is 0.458. The van der Waals surface area contributed by atoms with Gasteiger partial charge in [-0.05, 0) is 13.3 Å². The molecule has 0 fully saturated rings. The molecule has 0 aliphatic heterocycles. The first kappa shape index (κ1) is 13.3. The molecule has 6 heteroatoms. The first-order valence-electron chi connectivity index (χ1n) is 6.23. The third-order valence-corrected chi connectivity index (χ3v) is 3.16. The molecule has 0 aliphatic carbocycles. The average molecular weight is 263 g/mol. The molecule has 0 saturated carbocycles. The molecule has 0 spiro atoms. The monoisotopic (exact) mass is 263 g/mol. The number of pyridine rings is 1. The Bertz CT molecular complexity index is 743. The van der Waals surface area contributed by atoms with Gasteiger partial charge >= 0.3 is 5.69 Å². The topological polar surface area (TPSA) is 66.1 Å². The Morgan fingerprint density at radius 2 is 1.89 bits per heavy atom. The Labute approximate surface area is 110 Å². The van der Waals surface area contributed by atoms with Crippen LogP contribution in [0, 0.1) is 0 Å². The van der Waals surface area contributed by atoms with Crippen molar-refractivity contribution in [2.75, 3.05) is 6.61 Å². The second-order valence-electron chi connectivity index (χ2n) is 4.30. The van der Waals surface area contributed by atoms with Crippen LogP contribution < -0.4 is 16.0 Å². The van der Waals surface area contributed by atoms with Gasteiger partial charge in [0.15, 0.2) is 5.65 Å². The summed E-state index contributed by atoms with van der Waals surface area (Å²) in [6, 6.07) is 0. The van der Waals surface area contributed by atoms with Crippen LogP contribution >= 0.6 is 0 Å². The van der Waals surface area contributed by atoms with Crippen LogP contribution in [0.4, 0.5) is 0 Å². The molecule has 2 heterocycles. The second-order valence-corrected chi connectivity index (χ2v) is 4.30. The zero-order chi connectivity index (χ0) is 14.2. The van der Waals surface area contributed by atoms with Crippen molar-refractivity contribution in [3.8, 4) is 5.75 Å². The van der Waals surface area contributed by atoms with Crippen molar-refractivity contribution >= 4 is 11.0 Å². The Hall–Kier alpha value is -2.11. The number of rotatable bonds is 3. The predicted octanol–water partition coefficient (Wildman–Crippen LogP) is 0.593. The van der Waals surface area contributed by atoms with E-state index in [1.807, 2.05) is 13.8 Å². The summed E-state index contributed by atoms with van der Waals surface area (Å²) in [5.74, 6) is 0.534. The number of fused-ring (bicyclic) bond motifs is 1. The van der Waals surface area contributed by atoms with E-state index in [4.69, 9.17) is 4.74 Å². The van der Waals surface area contributed by atoms with E-state index in [1.54, 1.807) is 13.2 Å². The van der Waals surface area contributed by atoms with Gasteiger partial charge in [0.05, 0.1) is 6.61 Å². The Balaban J connectivity index is 3.04. The number of hydrogen-bond acceptors (Lipinski definition) is 4. The summed E-state index contributed by atoms with van der Waals surface area (Å²) in [4.78, 5) is 28.4. The smallest absolute Gasteiger partial charge is 0.332 e. The van der Waals surface area contributed by atoms with E-state index in [-0.39, 0.29) is 5.56 Å². The van der Waals surface area contributed by atoms with Gasteiger partial charge in [0.1, 0.15) is 11.1 Å². The molecule has 6 nitrogen and oxygen atoms in total. The summed E-state index contributed by atoms with van der Waals surface area (Å²) in [7, 11) is 3.05. The van der Waals surface area contributed by atoms with Gasteiger partial charge in [-0.15, -0.1) is 0 Å². The summed E-state index contributed by atoms with van der Waals surface area (Å²) < 4.78 is 8.04. The van der Waals surface area contributed by atoms with Crippen molar-refractivity contribution in [2.45, 2.75) is 20.3 Å². The largest absolute Gasteiger partial charge is 0.493 e. The van der Waals surface area contributed by atoms with Crippen molar-refractivity contribution in [2.24, 2.45) is 14.1 Å². The van der Waals surface area contributed by atoms with E-state index in [0.717, 1.165) is 10.1 Å². The minimum Gasteiger partial charge on any atom is -0.493 e. The molecule has 0 aliphatic rings. The summed E-state index contributed by atoms with van der Waals surface area (Å²) in [6.45, 7) is 4.29. The van der Waals surface area contributed by atoms with Crippen LogP contribution in [-0.2, 0) is 20.5 Å². The fraction of sp³-hybridized carbons (Fsp3) is 0.462. The summed E-state index contributed by atoms with van der Waals surface area (Å²) >= 11 is 0. The molecule has 2 aromatic heterocycles. The Kier molecular flexibility index (Phi) is 3.42. The van der Waals surface area contributed by atoms with Crippen molar-refractivity contribution in [3.63, 3.8) is 0 Å². The highest BCUT2D eigenvalue weighted by Gasteiger charge is 2.17. The molecule has 0 radical (unpaired) electrons. The van der Waals surface area contributed by atoms with Gasteiger partial charge in [-0.1, -0.05) is 6.92 Å². The number of aromatic nitrogens is 3. The molecule has 0 bridgehead atoms. The standard InChI is InChI=1S/C13H17N3O3/c1-5-8-7-14-11-9(10(8)19-6-2)12(17)16(4)13(18)15(11)3/h7H,5-6H2,1-4H3.